The van der Waals surface area contributed by atoms with E-state index in [1.807, 2.05) is 0 Å². The van der Waals surface area contributed by atoms with Gasteiger partial charge in [-0.15, -0.1) is 0 Å². The van der Waals surface area contributed by atoms with Crippen molar-refractivity contribution in [2.24, 2.45) is 0 Å². The second kappa shape index (κ2) is 19.9. The highest BCUT2D eigenvalue weighted by Crippen LogP contribution is 1.84. The number of rotatable bonds is 4. The van der Waals surface area contributed by atoms with E-state index >= 15 is 0 Å². The van der Waals surface area contributed by atoms with Crippen LogP contribution in [0.1, 0.15) is 13.8 Å². The molecule has 100 valence electrons. The Kier molecular flexibility index (Phi) is 23.0. The molecule has 8 nitrogen and oxygen atoms in total. The predicted molar refractivity (Wildman–Crippen MR) is 60.5 cm³/mol. The second-order valence-corrected chi connectivity index (χ2v) is 2.02. The summed E-state index contributed by atoms with van der Waals surface area (Å²) < 4.78 is 9.07. The van der Waals surface area contributed by atoms with Crippen molar-refractivity contribution < 1.29 is 28.7 Å². The third-order valence-corrected chi connectivity index (χ3v) is 0.929. The summed E-state index contributed by atoms with van der Waals surface area (Å²) in [6.45, 7) is 3.98. The van der Waals surface area contributed by atoms with Crippen LogP contribution in [0.15, 0.2) is 12.2 Å². The maximum absolute atomic E-state index is 10.6. The van der Waals surface area contributed by atoms with Gasteiger partial charge in [-0.05, 0) is 26.0 Å². The minimum Gasteiger partial charge on any atom is -0.724 e. The summed E-state index contributed by atoms with van der Waals surface area (Å²) in [5.74, 6) is -1.07. The van der Waals surface area contributed by atoms with Crippen LogP contribution < -0.4 is 0 Å². The summed E-state index contributed by atoms with van der Waals surface area (Å²) >= 11 is 0. The lowest BCUT2D eigenvalue weighted by Crippen LogP contribution is -2.03. The van der Waals surface area contributed by atoms with Gasteiger partial charge in [0.15, 0.2) is 0 Å². The van der Waals surface area contributed by atoms with Gasteiger partial charge in [-0.1, -0.05) is 0 Å². The van der Waals surface area contributed by atoms with Gasteiger partial charge in [-0.3, -0.25) is 9.59 Å². The van der Waals surface area contributed by atoms with Gasteiger partial charge in [0.1, 0.15) is 0 Å². The van der Waals surface area contributed by atoms with Gasteiger partial charge < -0.3 is 20.3 Å². The van der Waals surface area contributed by atoms with E-state index in [9.17, 15) is 9.59 Å². The van der Waals surface area contributed by atoms with Crippen LogP contribution in [0.5, 0.6) is 0 Å². The fourth-order valence-electron chi connectivity index (χ4n) is 0.517. The molecule has 0 N–H and O–H groups in total. The van der Waals surface area contributed by atoms with Crippen molar-refractivity contribution in [1.82, 2.24) is 0 Å². The minimum atomic E-state index is -0.537. The van der Waals surface area contributed by atoms with E-state index in [1.54, 1.807) is 13.8 Å². The van der Waals surface area contributed by atoms with Gasteiger partial charge in [-0.2, -0.15) is 0 Å². The number of esters is 2. The van der Waals surface area contributed by atoms with Crippen molar-refractivity contribution in [1.29, 1.82) is 0 Å². The lowest BCUT2D eigenvalue weighted by atomic mass is 10.5. The van der Waals surface area contributed by atoms with E-state index in [0.29, 0.717) is 25.4 Å². The average Bonchev–Trinajstić information content (AvgIpc) is 2.29. The zero-order valence-electron chi connectivity index (χ0n) is 9.91. The number of carbonyl (C=O) groups is 2. The lowest BCUT2D eigenvalue weighted by molar-refractivity contribution is -0.140. The van der Waals surface area contributed by atoms with Crippen LogP contribution in [-0.2, 0) is 28.7 Å². The highest BCUT2D eigenvalue weighted by Gasteiger charge is 1.97. The molecule has 0 spiro atoms. The molecule has 0 fully saturated rings. The van der Waals surface area contributed by atoms with E-state index in [-0.39, 0.29) is 0 Å². The van der Waals surface area contributed by atoms with Crippen LogP contribution in [0.3, 0.4) is 0 Å². The van der Waals surface area contributed by atoms with Gasteiger partial charge in [0.2, 0.25) is 0 Å². The maximum atomic E-state index is 10.6. The molecule has 18 heavy (non-hydrogen) atoms. The Morgan fingerprint density at radius 1 is 0.944 bits per heavy atom. The Labute approximate surface area is 104 Å². The molecule has 0 aromatic carbocycles. The van der Waals surface area contributed by atoms with E-state index in [4.69, 9.17) is 20.4 Å². The van der Waals surface area contributed by atoms with E-state index in [2.05, 4.69) is 9.47 Å². The molecule has 8 heteroatoms. The molecule has 0 aliphatic carbocycles. The van der Waals surface area contributed by atoms with E-state index in [0.717, 1.165) is 12.2 Å². The number of hydrogen-bond acceptors (Lipinski definition) is 6. The van der Waals surface area contributed by atoms with Crippen molar-refractivity contribution in [3.05, 3.63) is 23.0 Å². The first kappa shape index (κ1) is 20.8. The van der Waals surface area contributed by atoms with Crippen molar-refractivity contribution in [2.45, 2.75) is 13.8 Å². The van der Waals surface area contributed by atoms with E-state index in [1.165, 1.54) is 0 Å². The van der Waals surface area contributed by atoms with Gasteiger partial charge in [0.25, 0.3) is 0 Å². The standard InChI is InChI=1S/C8H12O4.2CNO/c1-3-11-7(9)5-6-8(10)12-4-2;2*2-1-3/h5-6H,3-4H2,1-2H3;;/q;2*-1/b6-5+;;. The Morgan fingerprint density at radius 3 is 1.33 bits per heavy atom. The quantitative estimate of drug-likeness (QED) is 0.310. The summed E-state index contributed by atoms with van der Waals surface area (Å²) in [6.07, 6.45) is 3.09. The molecule has 0 saturated carbocycles. The molecule has 0 aliphatic rings. The zero-order valence-corrected chi connectivity index (χ0v) is 9.91. The average molecular weight is 256 g/mol. The van der Waals surface area contributed by atoms with E-state index < -0.39 is 11.9 Å². The first-order chi connectivity index (χ1) is 8.53. The maximum Gasteiger partial charge on any atom is 0.330 e. The van der Waals surface area contributed by atoms with Crippen LogP contribution in [0, 0.1) is 0 Å². The smallest absolute Gasteiger partial charge is 0.330 e. The summed E-state index contributed by atoms with van der Waals surface area (Å²) in [7, 11) is 0. The number of hydrogen-bond donors (Lipinski definition) is 0. The number of nitrogens with zero attached hydrogens (tertiary/aromatic N) is 2. The third kappa shape index (κ3) is 29.2. The molecule has 0 aromatic rings. The molecule has 0 unspecified atom stereocenters. The molecule has 0 saturated heterocycles. The van der Waals surface area contributed by atoms with Gasteiger partial charge >= 0.3 is 11.9 Å². The van der Waals surface area contributed by atoms with Crippen molar-refractivity contribution >= 4 is 24.1 Å². The molecule has 0 bridgehead atoms. The van der Waals surface area contributed by atoms with Crippen LogP contribution in [0.25, 0.3) is 10.8 Å². The molecule has 0 atom stereocenters. The van der Waals surface area contributed by atoms with Crippen molar-refractivity contribution in [3.8, 4) is 0 Å². The highest BCUT2D eigenvalue weighted by molar-refractivity contribution is 5.91. The lowest BCUT2D eigenvalue weighted by Gasteiger charge is -1.95. The van der Waals surface area contributed by atoms with Gasteiger partial charge in [-0.25, -0.2) is 9.59 Å². The van der Waals surface area contributed by atoms with Crippen LogP contribution in [0.4, 0.5) is 0 Å². The number of carbonyl (C=O) groups excluding carboxylic acids is 4. The minimum absolute atomic E-state index is 0.298. The molecule has 0 rings (SSSR count). The predicted octanol–water partition coefficient (Wildman–Crippen LogP) is 0.452. The summed E-state index contributed by atoms with van der Waals surface area (Å²) in [4.78, 5) is 37.7. The third-order valence-electron chi connectivity index (χ3n) is 0.929. The SMILES string of the molecule is CCOC(=O)/C=C/C(=O)OCC.[N-]=C=O.[N-]=C=O. The summed E-state index contributed by atoms with van der Waals surface area (Å²) in [5.41, 5.74) is 0. The molecular formula is C10H12N2O6-2. The molecule has 0 aromatic heterocycles. The molecule has 0 radical (unpaired) electrons. The Morgan fingerprint density at radius 2 is 1.17 bits per heavy atom. The van der Waals surface area contributed by atoms with Crippen LogP contribution in [0.2, 0.25) is 0 Å². The Bertz CT molecular complexity index is 293. The fourth-order valence-corrected chi connectivity index (χ4v) is 0.517. The topological polar surface area (TPSA) is 131 Å². The normalized spacial score (nSPS) is 7.44. The number of ether oxygens (including phenoxy) is 2. The van der Waals surface area contributed by atoms with Crippen molar-refractivity contribution in [2.75, 3.05) is 13.2 Å². The molecular weight excluding hydrogens is 244 g/mol. The summed E-state index contributed by atoms with van der Waals surface area (Å²) in [5, 5.41) is 13.5. The first-order valence-electron chi connectivity index (χ1n) is 4.57. The first-order valence-corrected chi connectivity index (χ1v) is 4.57. The highest BCUT2D eigenvalue weighted by atomic mass is 16.5. The van der Waals surface area contributed by atoms with Gasteiger partial charge in [0, 0.05) is 12.2 Å². The molecule has 0 amide bonds. The summed E-state index contributed by atoms with van der Waals surface area (Å²) in [6, 6.07) is 0. The largest absolute Gasteiger partial charge is 0.724 e. The van der Waals surface area contributed by atoms with Crippen molar-refractivity contribution in [3.63, 3.8) is 0 Å². The Balaban J connectivity index is -0.000000315. The van der Waals surface area contributed by atoms with Crippen LogP contribution in [-0.4, -0.2) is 37.3 Å². The molecule has 0 heterocycles. The zero-order chi connectivity index (χ0) is 14.8. The fraction of sp³-hybridized carbons (Fsp3) is 0.400. The monoisotopic (exact) mass is 256 g/mol. The Hall–Kier alpha value is -2.56. The molecule has 0 aliphatic heterocycles. The second-order valence-electron chi connectivity index (χ2n) is 2.02. The number of isocyanates is 2. The van der Waals surface area contributed by atoms with Gasteiger partial charge in [0.05, 0.1) is 13.2 Å². The van der Waals surface area contributed by atoms with Crippen LogP contribution >= 0.6 is 0 Å².